The molecule has 2 N–H and O–H groups in total. The average molecular weight is 419 g/mol. The molecule has 8 nitrogen and oxygen atoms in total. The van der Waals surface area contributed by atoms with Gasteiger partial charge >= 0.3 is 5.97 Å². The normalized spacial score (nSPS) is 13.0. The van der Waals surface area contributed by atoms with Gasteiger partial charge in [-0.2, -0.15) is 0 Å². The Morgan fingerprint density at radius 2 is 2.15 bits per heavy atom. The molecule has 0 radical (unpaired) electrons. The SMILES string of the molecule is CCC(CO)OC(COC(=O)CCCC(=O)NSSc1ccccn1)OC. The topological polar surface area (TPSA) is 107 Å². The maximum absolute atomic E-state index is 11.7. The number of nitrogens with zero attached hydrogens (tertiary/aromatic N) is 1. The summed E-state index contributed by atoms with van der Waals surface area (Å²) in [5, 5.41) is 9.91. The van der Waals surface area contributed by atoms with Gasteiger partial charge in [0, 0.05) is 37.1 Å². The molecule has 0 bridgehead atoms. The summed E-state index contributed by atoms with van der Waals surface area (Å²) in [5.41, 5.74) is 0. The highest BCUT2D eigenvalue weighted by molar-refractivity contribution is 8.76. The third kappa shape index (κ3) is 11.2. The molecule has 2 atom stereocenters. The Balaban J connectivity index is 2.12. The van der Waals surface area contributed by atoms with Crippen molar-refractivity contribution in [3.05, 3.63) is 24.4 Å². The van der Waals surface area contributed by atoms with E-state index in [9.17, 15) is 9.59 Å². The molecule has 0 aromatic carbocycles. The number of methoxy groups -OCH3 is 1. The van der Waals surface area contributed by atoms with Crippen LogP contribution in [0.15, 0.2) is 29.4 Å². The van der Waals surface area contributed by atoms with Gasteiger partial charge in [0.05, 0.1) is 12.7 Å². The molecule has 0 saturated heterocycles. The molecule has 1 aromatic rings. The van der Waals surface area contributed by atoms with E-state index in [1.807, 2.05) is 25.1 Å². The number of pyridine rings is 1. The lowest BCUT2D eigenvalue weighted by Gasteiger charge is -2.21. The third-order valence-electron chi connectivity index (χ3n) is 3.35. The second kappa shape index (κ2) is 14.7. The Hall–Kier alpha value is -1.33. The summed E-state index contributed by atoms with van der Waals surface area (Å²) < 4.78 is 18.3. The van der Waals surface area contributed by atoms with Crippen molar-refractivity contribution in [3.63, 3.8) is 0 Å². The zero-order valence-corrected chi connectivity index (χ0v) is 17.1. The summed E-state index contributed by atoms with van der Waals surface area (Å²) in [6.07, 6.45) is 1.94. The molecule has 0 spiro atoms. The van der Waals surface area contributed by atoms with Gasteiger partial charge in [0.2, 0.25) is 5.91 Å². The van der Waals surface area contributed by atoms with Gasteiger partial charge in [0.1, 0.15) is 11.6 Å². The maximum atomic E-state index is 11.7. The lowest BCUT2D eigenvalue weighted by atomic mass is 10.2. The standard InChI is InChI=1S/C17H26N2O6S2/c1-3-13(11-20)25-17(23-2)12-24-16(22)9-6-7-14(21)19-27-26-15-8-4-5-10-18-15/h4-5,8,10,13,17,20H,3,6-7,9,11-12H2,1-2H3,(H,19,21). The van der Waals surface area contributed by atoms with Gasteiger partial charge in [-0.3, -0.25) is 14.3 Å². The van der Waals surface area contributed by atoms with Crippen molar-refractivity contribution in [2.75, 3.05) is 20.3 Å². The van der Waals surface area contributed by atoms with Crippen LogP contribution in [0.5, 0.6) is 0 Å². The van der Waals surface area contributed by atoms with E-state index in [-0.39, 0.29) is 38.1 Å². The van der Waals surface area contributed by atoms with E-state index in [1.54, 1.807) is 6.20 Å². The Morgan fingerprint density at radius 1 is 1.33 bits per heavy atom. The van der Waals surface area contributed by atoms with E-state index in [1.165, 1.54) is 28.9 Å². The van der Waals surface area contributed by atoms with Gasteiger partial charge in [0.25, 0.3) is 0 Å². The molecule has 1 aromatic heterocycles. The average Bonchev–Trinajstić information content (AvgIpc) is 2.69. The van der Waals surface area contributed by atoms with Crippen LogP contribution in [0.2, 0.25) is 0 Å². The quantitative estimate of drug-likeness (QED) is 0.204. The molecule has 1 heterocycles. The fraction of sp³-hybridized carbons (Fsp3) is 0.588. The van der Waals surface area contributed by atoms with Gasteiger partial charge in [-0.25, -0.2) is 4.98 Å². The second-order valence-electron chi connectivity index (χ2n) is 5.41. The zero-order chi connectivity index (χ0) is 19.9. The predicted octanol–water partition coefficient (Wildman–Crippen LogP) is 2.33. The summed E-state index contributed by atoms with van der Waals surface area (Å²) in [5.74, 6) is -0.593. The molecule has 152 valence electrons. The fourth-order valence-electron chi connectivity index (χ4n) is 1.83. The van der Waals surface area contributed by atoms with Crippen molar-refractivity contribution >= 4 is 33.7 Å². The highest BCUT2D eigenvalue weighted by Gasteiger charge is 2.16. The molecule has 1 rings (SSSR count). The summed E-state index contributed by atoms with van der Waals surface area (Å²) in [4.78, 5) is 27.6. The minimum absolute atomic E-state index is 0.0609. The number of carbonyl (C=O) groups excluding carboxylic acids is 2. The van der Waals surface area contributed by atoms with Gasteiger partial charge in [-0.15, -0.1) is 0 Å². The lowest BCUT2D eigenvalue weighted by molar-refractivity contribution is -0.194. The molecule has 0 saturated carbocycles. The maximum Gasteiger partial charge on any atom is 0.305 e. The highest BCUT2D eigenvalue weighted by atomic mass is 33.1. The molecule has 1 amide bonds. The van der Waals surface area contributed by atoms with Crippen LogP contribution in [0.4, 0.5) is 0 Å². The van der Waals surface area contributed by atoms with E-state index in [0.29, 0.717) is 12.8 Å². The minimum atomic E-state index is -0.727. The smallest absolute Gasteiger partial charge is 0.305 e. The van der Waals surface area contributed by atoms with Gasteiger partial charge in [0.15, 0.2) is 6.29 Å². The van der Waals surface area contributed by atoms with Gasteiger partial charge in [-0.05, 0) is 35.8 Å². The first-order chi connectivity index (χ1) is 13.1. The highest BCUT2D eigenvalue weighted by Crippen LogP contribution is 2.26. The predicted molar refractivity (Wildman–Crippen MR) is 104 cm³/mol. The molecular formula is C17H26N2O6S2. The van der Waals surface area contributed by atoms with Crippen molar-refractivity contribution < 1.29 is 28.9 Å². The van der Waals surface area contributed by atoms with Crippen LogP contribution in [-0.4, -0.2) is 54.7 Å². The van der Waals surface area contributed by atoms with E-state index in [2.05, 4.69) is 9.71 Å². The van der Waals surface area contributed by atoms with Crippen molar-refractivity contribution in [1.82, 2.24) is 9.71 Å². The first-order valence-electron chi connectivity index (χ1n) is 8.57. The summed E-state index contributed by atoms with van der Waals surface area (Å²) in [7, 11) is 3.97. The van der Waals surface area contributed by atoms with Crippen molar-refractivity contribution in [3.8, 4) is 0 Å². The number of aromatic nitrogens is 1. The number of ether oxygens (including phenoxy) is 3. The number of rotatable bonds is 14. The van der Waals surface area contributed by atoms with Crippen LogP contribution in [0.25, 0.3) is 0 Å². The number of hydrogen-bond donors (Lipinski definition) is 2. The number of aliphatic hydroxyl groups excluding tert-OH is 1. The van der Waals surface area contributed by atoms with E-state index < -0.39 is 12.3 Å². The van der Waals surface area contributed by atoms with Crippen molar-refractivity contribution in [2.45, 2.75) is 50.0 Å². The van der Waals surface area contributed by atoms with Crippen molar-refractivity contribution in [1.29, 1.82) is 0 Å². The fourth-order valence-corrected chi connectivity index (χ4v) is 3.35. The Morgan fingerprint density at radius 3 is 2.78 bits per heavy atom. The lowest BCUT2D eigenvalue weighted by Crippen LogP contribution is -2.30. The molecule has 2 unspecified atom stereocenters. The zero-order valence-electron chi connectivity index (χ0n) is 15.5. The molecule has 0 aliphatic carbocycles. The summed E-state index contributed by atoms with van der Waals surface area (Å²) >= 11 is 0. The van der Waals surface area contributed by atoms with Crippen LogP contribution < -0.4 is 4.72 Å². The number of aliphatic hydroxyl groups is 1. The largest absolute Gasteiger partial charge is 0.460 e. The van der Waals surface area contributed by atoms with Crippen LogP contribution in [0.3, 0.4) is 0 Å². The van der Waals surface area contributed by atoms with Crippen LogP contribution in [-0.2, 0) is 23.8 Å². The van der Waals surface area contributed by atoms with Gasteiger partial charge < -0.3 is 19.3 Å². The number of nitrogens with one attached hydrogen (secondary N) is 1. The monoisotopic (exact) mass is 418 g/mol. The second-order valence-corrected chi connectivity index (χ2v) is 7.37. The molecule has 0 aliphatic rings. The van der Waals surface area contributed by atoms with E-state index >= 15 is 0 Å². The molecular weight excluding hydrogens is 392 g/mol. The number of hydrogen-bond acceptors (Lipinski definition) is 9. The number of amides is 1. The van der Waals surface area contributed by atoms with E-state index in [4.69, 9.17) is 19.3 Å². The first kappa shape index (κ1) is 23.7. The Bertz CT molecular complexity index is 545. The van der Waals surface area contributed by atoms with E-state index in [0.717, 1.165) is 5.03 Å². The molecule has 10 heteroatoms. The first-order valence-corrected chi connectivity index (χ1v) is 10.7. The summed E-state index contributed by atoms with van der Waals surface area (Å²) in [6.45, 7) is 1.68. The van der Waals surface area contributed by atoms with Crippen LogP contribution in [0.1, 0.15) is 32.6 Å². The van der Waals surface area contributed by atoms with Crippen LogP contribution >= 0.6 is 21.8 Å². The third-order valence-corrected chi connectivity index (χ3v) is 5.17. The molecule has 0 fully saturated rings. The minimum Gasteiger partial charge on any atom is -0.460 e. The Labute approximate surface area is 167 Å². The Kier molecular flexibility index (Phi) is 12.9. The molecule has 0 aliphatic heterocycles. The molecule has 27 heavy (non-hydrogen) atoms. The number of carbonyl (C=O) groups is 2. The number of esters is 1. The summed E-state index contributed by atoms with van der Waals surface area (Å²) in [6, 6.07) is 5.54. The van der Waals surface area contributed by atoms with Gasteiger partial charge in [-0.1, -0.05) is 13.0 Å². The van der Waals surface area contributed by atoms with Crippen molar-refractivity contribution in [2.24, 2.45) is 0 Å². The van der Waals surface area contributed by atoms with Crippen LogP contribution in [0, 0.1) is 0 Å².